The number of sulfonamides is 1. The van der Waals surface area contributed by atoms with Crippen molar-refractivity contribution >= 4 is 10.0 Å². The van der Waals surface area contributed by atoms with Crippen LogP contribution in [-0.4, -0.2) is 32.1 Å². The topological polar surface area (TPSA) is 37.4 Å². The van der Waals surface area contributed by atoms with Crippen molar-refractivity contribution in [3.8, 4) is 0 Å². The van der Waals surface area contributed by atoms with E-state index < -0.39 is 10.0 Å². The molecular formula is C13H23NO2S. The molecule has 0 bridgehead atoms. The highest BCUT2D eigenvalue weighted by atomic mass is 32.2. The molecule has 0 saturated heterocycles. The van der Waals surface area contributed by atoms with Crippen LogP contribution in [0.2, 0.25) is 0 Å². The van der Waals surface area contributed by atoms with E-state index in [2.05, 4.69) is 13.2 Å². The zero-order chi connectivity index (χ0) is 13.6. The third-order valence-corrected chi connectivity index (χ3v) is 3.83. The minimum atomic E-state index is -3.10. The fourth-order valence-electron chi connectivity index (χ4n) is 1.72. The quantitative estimate of drug-likeness (QED) is 0.779. The molecule has 0 unspecified atom stereocenters. The molecule has 0 aromatic carbocycles. The fraction of sp³-hybridized carbons (Fsp3) is 0.538. The van der Waals surface area contributed by atoms with E-state index in [1.165, 1.54) is 10.6 Å². The van der Waals surface area contributed by atoms with Crippen LogP contribution in [0.1, 0.15) is 27.2 Å². The molecule has 3 nitrogen and oxygen atoms in total. The standard InChI is InChI=1S/C11H17NO2S.C2H6/c1-5-10-8-12(15(4,13)14)7-6-11(10)9(2)3;1-2/h5H,1-2,6-8H2,3-4H3;1-2H3. The molecule has 0 aromatic heterocycles. The maximum absolute atomic E-state index is 11.4. The van der Waals surface area contributed by atoms with Crippen molar-refractivity contribution < 1.29 is 8.42 Å². The minimum absolute atomic E-state index is 0.421. The van der Waals surface area contributed by atoms with E-state index in [-0.39, 0.29) is 0 Å². The molecule has 0 amide bonds. The van der Waals surface area contributed by atoms with E-state index >= 15 is 0 Å². The first-order valence-corrected chi connectivity index (χ1v) is 7.66. The molecule has 0 aromatic rings. The third-order valence-electron chi connectivity index (χ3n) is 2.58. The minimum Gasteiger partial charge on any atom is -0.212 e. The van der Waals surface area contributed by atoms with Crippen molar-refractivity contribution in [2.45, 2.75) is 27.2 Å². The van der Waals surface area contributed by atoms with Crippen LogP contribution >= 0.6 is 0 Å². The monoisotopic (exact) mass is 257 g/mol. The Morgan fingerprint density at radius 3 is 2.29 bits per heavy atom. The van der Waals surface area contributed by atoms with Gasteiger partial charge in [-0.25, -0.2) is 8.42 Å². The fourth-order valence-corrected chi connectivity index (χ4v) is 2.52. The highest BCUT2D eigenvalue weighted by Gasteiger charge is 2.23. The van der Waals surface area contributed by atoms with Crippen molar-refractivity contribution in [1.29, 1.82) is 0 Å². The summed E-state index contributed by atoms with van der Waals surface area (Å²) in [5.74, 6) is 0. The van der Waals surface area contributed by atoms with Gasteiger partial charge in [0.25, 0.3) is 0 Å². The van der Waals surface area contributed by atoms with E-state index in [1.54, 1.807) is 6.08 Å². The molecule has 0 spiro atoms. The van der Waals surface area contributed by atoms with Gasteiger partial charge in [-0.1, -0.05) is 38.7 Å². The Bertz CT molecular complexity index is 419. The van der Waals surface area contributed by atoms with Gasteiger partial charge in [0.1, 0.15) is 0 Å². The van der Waals surface area contributed by atoms with Crippen LogP contribution in [0, 0.1) is 0 Å². The summed E-state index contributed by atoms with van der Waals surface area (Å²) in [6, 6.07) is 0. The average molecular weight is 257 g/mol. The van der Waals surface area contributed by atoms with Crippen molar-refractivity contribution in [1.82, 2.24) is 4.31 Å². The van der Waals surface area contributed by atoms with Crippen molar-refractivity contribution in [2.24, 2.45) is 0 Å². The van der Waals surface area contributed by atoms with E-state index in [4.69, 9.17) is 0 Å². The molecule has 0 radical (unpaired) electrons. The van der Waals surface area contributed by atoms with Crippen LogP contribution in [-0.2, 0) is 10.0 Å². The molecule has 1 heterocycles. The van der Waals surface area contributed by atoms with E-state index in [1.807, 2.05) is 20.8 Å². The Morgan fingerprint density at radius 1 is 1.41 bits per heavy atom. The van der Waals surface area contributed by atoms with Gasteiger partial charge in [0.15, 0.2) is 0 Å². The Kier molecular flexibility index (Phi) is 6.42. The Balaban J connectivity index is 0.00000121. The van der Waals surface area contributed by atoms with Gasteiger partial charge >= 0.3 is 0 Å². The predicted octanol–water partition coefficient (Wildman–Crippen LogP) is 2.74. The summed E-state index contributed by atoms with van der Waals surface area (Å²) in [5.41, 5.74) is 3.11. The molecule has 0 saturated carbocycles. The smallest absolute Gasteiger partial charge is 0.211 e. The van der Waals surface area contributed by atoms with Crippen LogP contribution in [0.5, 0.6) is 0 Å². The zero-order valence-electron chi connectivity index (χ0n) is 11.3. The maximum atomic E-state index is 11.4. The van der Waals surface area contributed by atoms with Crippen LogP contribution in [0.3, 0.4) is 0 Å². The summed E-state index contributed by atoms with van der Waals surface area (Å²) < 4.78 is 24.2. The summed E-state index contributed by atoms with van der Waals surface area (Å²) in [6.45, 7) is 14.5. The largest absolute Gasteiger partial charge is 0.212 e. The number of hydrogen-bond acceptors (Lipinski definition) is 2. The number of allylic oxidation sites excluding steroid dienone is 1. The molecule has 0 atom stereocenters. The first kappa shape index (κ1) is 16.1. The van der Waals surface area contributed by atoms with Crippen LogP contribution in [0.25, 0.3) is 0 Å². The second-order valence-corrected chi connectivity index (χ2v) is 5.82. The van der Waals surface area contributed by atoms with Crippen molar-refractivity contribution in [3.63, 3.8) is 0 Å². The van der Waals surface area contributed by atoms with Gasteiger partial charge in [-0.05, 0) is 24.5 Å². The summed E-state index contributed by atoms with van der Waals surface area (Å²) >= 11 is 0. The first-order chi connectivity index (χ1) is 7.86. The lowest BCUT2D eigenvalue weighted by Gasteiger charge is -2.28. The molecule has 17 heavy (non-hydrogen) atoms. The molecule has 1 aliphatic heterocycles. The SMILES string of the molecule is C=CC1=C(C(=C)C)CCN(S(C)(=O)=O)C1.CC. The first-order valence-electron chi connectivity index (χ1n) is 5.81. The molecule has 0 N–H and O–H groups in total. The highest BCUT2D eigenvalue weighted by Crippen LogP contribution is 2.25. The van der Waals surface area contributed by atoms with Gasteiger partial charge in [-0.2, -0.15) is 4.31 Å². The molecule has 0 aliphatic carbocycles. The summed E-state index contributed by atoms with van der Waals surface area (Å²) in [4.78, 5) is 0. The predicted molar refractivity (Wildman–Crippen MR) is 74.4 cm³/mol. The van der Waals surface area contributed by atoms with Crippen LogP contribution in [0.15, 0.2) is 36.0 Å². The van der Waals surface area contributed by atoms with Gasteiger partial charge < -0.3 is 0 Å². The van der Waals surface area contributed by atoms with Crippen LogP contribution < -0.4 is 0 Å². The average Bonchev–Trinajstić information content (AvgIpc) is 2.29. The molecule has 4 heteroatoms. The summed E-state index contributed by atoms with van der Waals surface area (Å²) in [5, 5.41) is 0. The summed E-state index contributed by atoms with van der Waals surface area (Å²) in [7, 11) is -3.10. The lowest BCUT2D eigenvalue weighted by Crippen LogP contribution is -2.36. The van der Waals surface area contributed by atoms with Gasteiger partial charge in [-0.15, -0.1) is 0 Å². The van der Waals surface area contributed by atoms with Gasteiger partial charge in [-0.3, -0.25) is 0 Å². The molecule has 98 valence electrons. The lowest BCUT2D eigenvalue weighted by molar-refractivity contribution is 0.430. The summed E-state index contributed by atoms with van der Waals surface area (Å²) in [6.07, 6.45) is 3.69. The van der Waals surface area contributed by atoms with E-state index in [0.717, 1.165) is 23.1 Å². The normalized spacial score (nSPS) is 17.2. The second-order valence-electron chi connectivity index (χ2n) is 3.83. The zero-order valence-corrected chi connectivity index (χ0v) is 12.1. The van der Waals surface area contributed by atoms with Crippen LogP contribution in [0.4, 0.5) is 0 Å². The molecule has 1 rings (SSSR count). The molecule has 0 fully saturated rings. The number of rotatable bonds is 3. The van der Waals surface area contributed by atoms with Crippen molar-refractivity contribution in [3.05, 3.63) is 36.0 Å². The van der Waals surface area contributed by atoms with Crippen molar-refractivity contribution in [2.75, 3.05) is 19.3 Å². The van der Waals surface area contributed by atoms with E-state index in [9.17, 15) is 8.42 Å². The molecule has 1 aliphatic rings. The Hall–Kier alpha value is -0.870. The Labute approximate surface area is 106 Å². The van der Waals surface area contributed by atoms with E-state index in [0.29, 0.717) is 13.1 Å². The number of nitrogens with zero attached hydrogens (tertiary/aromatic N) is 1. The lowest BCUT2D eigenvalue weighted by atomic mass is 9.96. The Morgan fingerprint density at radius 2 is 1.94 bits per heavy atom. The molecular weight excluding hydrogens is 234 g/mol. The maximum Gasteiger partial charge on any atom is 0.211 e. The highest BCUT2D eigenvalue weighted by molar-refractivity contribution is 7.88. The van der Waals surface area contributed by atoms with Gasteiger partial charge in [0, 0.05) is 13.1 Å². The number of hydrogen-bond donors (Lipinski definition) is 0. The second kappa shape index (κ2) is 6.77. The third kappa shape index (κ3) is 4.48. The van der Waals surface area contributed by atoms with Gasteiger partial charge in [0.05, 0.1) is 6.26 Å². The van der Waals surface area contributed by atoms with Gasteiger partial charge in [0.2, 0.25) is 10.0 Å².